The van der Waals surface area contributed by atoms with Crippen LogP contribution in [0.15, 0.2) is 45.6 Å². The van der Waals surface area contributed by atoms with E-state index >= 15 is 0 Å². The fourth-order valence-corrected chi connectivity index (χ4v) is 3.43. The number of anilines is 1. The summed E-state index contributed by atoms with van der Waals surface area (Å²) in [5, 5.41) is 4.48. The number of hydrogen-bond acceptors (Lipinski definition) is 4. The van der Waals surface area contributed by atoms with Crippen LogP contribution >= 0.6 is 11.6 Å². The van der Waals surface area contributed by atoms with Crippen molar-refractivity contribution in [1.82, 2.24) is 0 Å². The lowest BCUT2D eigenvalue weighted by Gasteiger charge is -2.25. The quantitative estimate of drug-likeness (QED) is 0.654. The van der Waals surface area contributed by atoms with Crippen LogP contribution < -0.4 is 15.5 Å². The van der Waals surface area contributed by atoms with E-state index in [1.165, 1.54) is 0 Å². The zero-order valence-corrected chi connectivity index (χ0v) is 15.7. The van der Waals surface area contributed by atoms with Crippen LogP contribution in [-0.4, -0.2) is 12.6 Å². The van der Waals surface area contributed by atoms with Gasteiger partial charge in [-0.2, -0.15) is 0 Å². The molecule has 26 heavy (non-hydrogen) atoms. The van der Waals surface area contributed by atoms with E-state index in [0.29, 0.717) is 33.1 Å². The molecule has 0 saturated heterocycles. The number of ether oxygens (including phenoxy) is 1. The molecule has 4 rings (SSSR count). The molecule has 2 aromatic carbocycles. The first-order valence-corrected chi connectivity index (χ1v) is 9.13. The molecule has 134 valence electrons. The summed E-state index contributed by atoms with van der Waals surface area (Å²) >= 11 is 6.00. The first-order valence-electron chi connectivity index (χ1n) is 8.76. The van der Waals surface area contributed by atoms with Crippen molar-refractivity contribution >= 4 is 28.3 Å². The molecule has 0 aliphatic carbocycles. The molecule has 0 spiro atoms. The van der Waals surface area contributed by atoms with Crippen molar-refractivity contribution in [1.29, 1.82) is 0 Å². The van der Waals surface area contributed by atoms with Crippen molar-refractivity contribution in [2.24, 2.45) is 0 Å². The molecule has 1 aliphatic heterocycles. The molecule has 2 heterocycles. The number of fused-ring (bicyclic) bond motifs is 3. The van der Waals surface area contributed by atoms with Gasteiger partial charge >= 0.3 is 0 Å². The summed E-state index contributed by atoms with van der Waals surface area (Å²) in [6.45, 7) is 6.74. The normalized spacial score (nSPS) is 16.3. The van der Waals surface area contributed by atoms with Gasteiger partial charge < -0.3 is 14.5 Å². The topological polar surface area (TPSA) is 51.5 Å². The molecule has 0 amide bonds. The largest absolute Gasteiger partial charge is 0.483 e. The Bertz CT molecular complexity index is 1040. The van der Waals surface area contributed by atoms with E-state index in [1.807, 2.05) is 39.0 Å². The maximum Gasteiger partial charge on any atom is 0.200 e. The molecule has 0 fully saturated rings. The van der Waals surface area contributed by atoms with Crippen molar-refractivity contribution in [3.63, 3.8) is 0 Å². The third kappa shape index (κ3) is 2.74. The monoisotopic (exact) mass is 369 g/mol. The molecule has 5 heteroatoms. The second-order valence-electron chi connectivity index (χ2n) is 6.96. The number of nitrogens with one attached hydrogen (secondary N) is 1. The summed E-state index contributed by atoms with van der Waals surface area (Å²) in [4.78, 5) is 13.3. The molecule has 1 unspecified atom stereocenters. The fourth-order valence-electron chi connectivity index (χ4n) is 3.30. The lowest BCUT2D eigenvalue weighted by molar-refractivity contribution is 0.225. The molecule has 0 radical (unpaired) electrons. The molecule has 1 N–H and O–H groups in total. The number of rotatable bonds is 2. The van der Waals surface area contributed by atoms with Gasteiger partial charge in [-0.1, -0.05) is 37.6 Å². The van der Waals surface area contributed by atoms with Gasteiger partial charge in [-0.25, -0.2) is 0 Å². The summed E-state index contributed by atoms with van der Waals surface area (Å²) in [5.41, 5.74) is 2.70. The van der Waals surface area contributed by atoms with Crippen LogP contribution in [0.2, 0.25) is 5.02 Å². The molecule has 1 aromatic heterocycles. The Balaban J connectivity index is 2.05. The molecular weight excluding hydrogens is 350 g/mol. The van der Waals surface area contributed by atoms with Crippen LogP contribution in [0.5, 0.6) is 5.75 Å². The predicted molar refractivity (Wildman–Crippen MR) is 106 cm³/mol. The summed E-state index contributed by atoms with van der Waals surface area (Å²) in [6, 6.07) is 10.9. The molecule has 1 atom stereocenters. The minimum absolute atomic E-state index is 0.0110. The molecular formula is C21H20ClNO3. The van der Waals surface area contributed by atoms with Crippen molar-refractivity contribution in [2.75, 3.05) is 11.9 Å². The average molecular weight is 370 g/mol. The Kier molecular flexibility index (Phi) is 4.16. The highest BCUT2D eigenvalue weighted by molar-refractivity contribution is 6.30. The third-order valence-electron chi connectivity index (χ3n) is 4.60. The summed E-state index contributed by atoms with van der Waals surface area (Å²) in [5.74, 6) is 1.31. The van der Waals surface area contributed by atoms with Crippen molar-refractivity contribution in [3.05, 3.63) is 57.4 Å². The second-order valence-corrected chi connectivity index (χ2v) is 7.40. The van der Waals surface area contributed by atoms with Gasteiger partial charge in [-0.15, -0.1) is 0 Å². The fraction of sp³-hybridized carbons (Fsp3) is 0.286. The lowest BCUT2D eigenvalue weighted by Crippen LogP contribution is -2.28. The van der Waals surface area contributed by atoms with Crippen molar-refractivity contribution in [2.45, 2.75) is 32.8 Å². The Morgan fingerprint density at radius 3 is 2.58 bits per heavy atom. The maximum absolute atomic E-state index is 13.3. The van der Waals surface area contributed by atoms with Gasteiger partial charge in [-0.05, 0) is 36.8 Å². The smallest absolute Gasteiger partial charge is 0.200 e. The third-order valence-corrected chi connectivity index (χ3v) is 4.85. The standard InChI is InChI=1S/C21H20ClNO3/c1-11(2)19-17(13-4-6-14(22)7-5-13)18(24)15-8-9-16-21(20(15)26-19)25-12(3)10-23-16/h4-9,11-12,23H,10H2,1-3H3. The van der Waals surface area contributed by atoms with Crippen LogP contribution in [0.1, 0.15) is 32.4 Å². The van der Waals surface area contributed by atoms with Gasteiger partial charge in [0.1, 0.15) is 11.9 Å². The summed E-state index contributed by atoms with van der Waals surface area (Å²) < 4.78 is 12.3. The minimum Gasteiger partial charge on any atom is -0.483 e. The van der Waals surface area contributed by atoms with E-state index in [4.69, 9.17) is 20.8 Å². The van der Waals surface area contributed by atoms with Crippen molar-refractivity contribution in [3.8, 4) is 16.9 Å². The predicted octanol–water partition coefficient (Wildman–Crippen LogP) is 5.43. The molecule has 4 nitrogen and oxygen atoms in total. The zero-order valence-electron chi connectivity index (χ0n) is 14.9. The maximum atomic E-state index is 13.3. The first-order chi connectivity index (χ1) is 12.5. The molecule has 0 saturated carbocycles. The minimum atomic E-state index is -0.0538. The number of hydrogen-bond donors (Lipinski definition) is 1. The highest BCUT2D eigenvalue weighted by Gasteiger charge is 2.25. The molecule has 1 aliphatic rings. The van der Waals surface area contributed by atoms with Crippen LogP contribution in [0.3, 0.4) is 0 Å². The van der Waals surface area contributed by atoms with E-state index in [-0.39, 0.29) is 17.5 Å². The highest BCUT2D eigenvalue weighted by Crippen LogP contribution is 2.39. The molecule has 0 bridgehead atoms. The second kappa shape index (κ2) is 6.36. The first kappa shape index (κ1) is 17.0. The number of halogens is 1. The summed E-state index contributed by atoms with van der Waals surface area (Å²) in [6.07, 6.45) is 0.0110. The van der Waals surface area contributed by atoms with Gasteiger partial charge in [0, 0.05) is 10.9 Å². The van der Waals surface area contributed by atoms with Gasteiger partial charge in [0.25, 0.3) is 0 Å². The Morgan fingerprint density at radius 2 is 1.88 bits per heavy atom. The van der Waals surface area contributed by atoms with Gasteiger partial charge in [0.2, 0.25) is 5.43 Å². The van der Waals surface area contributed by atoms with Gasteiger partial charge in [-0.3, -0.25) is 4.79 Å². The van der Waals surface area contributed by atoms with Crippen LogP contribution in [0, 0.1) is 0 Å². The van der Waals surface area contributed by atoms with Crippen LogP contribution in [0.4, 0.5) is 5.69 Å². The highest BCUT2D eigenvalue weighted by atomic mass is 35.5. The SMILES string of the molecule is CC1CNc2ccc3c(=O)c(-c4ccc(Cl)cc4)c(C(C)C)oc3c2O1. The Labute approximate surface area is 156 Å². The van der Waals surface area contributed by atoms with E-state index in [2.05, 4.69) is 5.32 Å². The Hall–Kier alpha value is -2.46. The van der Waals surface area contributed by atoms with E-state index < -0.39 is 0 Å². The van der Waals surface area contributed by atoms with Gasteiger partial charge in [0.15, 0.2) is 11.3 Å². The number of benzene rings is 2. The van der Waals surface area contributed by atoms with E-state index in [1.54, 1.807) is 18.2 Å². The van der Waals surface area contributed by atoms with Gasteiger partial charge in [0.05, 0.1) is 23.2 Å². The molecule has 3 aromatic rings. The van der Waals surface area contributed by atoms with Crippen molar-refractivity contribution < 1.29 is 9.15 Å². The van der Waals surface area contributed by atoms with E-state index in [0.717, 1.165) is 17.8 Å². The Morgan fingerprint density at radius 1 is 1.15 bits per heavy atom. The van der Waals surface area contributed by atoms with E-state index in [9.17, 15) is 4.79 Å². The van der Waals surface area contributed by atoms with Crippen LogP contribution in [-0.2, 0) is 0 Å². The average Bonchev–Trinajstić information content (AvgIpc) is 2.62. The lowest BCUT2D eigenvalue weighted by atomic mass is 9.96. The summed E-state index contributed by atoms with van der Waals surface area (Å²) in [7, 11) is 0. The van der Waals surface area contributed by atoms with Crippen LogP contribution in [0.25, 0.3) is 22.1 Å². The zero-order chi connectivity index (χ0) is 18.4.